The van der Waals surface area contributed by atoms with E-state index < -0.39 is 0 Å². The lowest BCUT2D eigenvalue weighted by molar-refractivity contribution is 0.422. The van der Waals surface area contributed by atoms with Crippen LogP contribution in [0.15, 0.2) is 40.6 Å². The first kappa shape index (κ1) is 12.2. The van der Waals surface area contributed by atoms with Crippen molar-refractivity contribution < 1.29 is 4.52 Å². The molecule has 1 heterocycles. The lowest BCUT2D eigenvalue weighted by Gasteiger charge is -2.02. The molecule has 0 bridgehead atoms. The first-order valence-corrected chi connectivity index (χ1v) is 5.28. The molecule has 0 spiro atoms. The summed E-state index contributed by atoms with van der Waals surface area (Å²) in [5.74, 6) is 0. The molecule has 6 nitrogen and oxygen atoms in total. The highest BCUT2D eigenvalue weighted by Gasteiger charge is 2.15. The number of benzene rings is 1. The number of hydrogen-bond donors (Lipinski definition) is 2. The summed E-state index contributed by atoms with van der Waals surface area (Å²) in [6.45, 7) is 0. The number of rotatable bonds is 2. The maximum Gasteiger partial charge on any atom is 0.153 e. The maximum absolute atomic E-state index is 8.82. The van der Waals surface area contributed by atoms with Crippen molar-refractivity contribution >= 4 is 11.4 Å². The van der Waals surface area contributed by atoms with E-state index in [4.69, 9.17) is 26.5 Å². The van der Waals surface area contributed by atoms with Gasteiger partial charge in [0.25, 0.3) is 0 Å². The zero-order valence-corrected chi connectivity index (χ0v) is 9.79. The van der Waals surface area contributed by atoms with Gasteiger partial charge < -0.3 is 16.0 Å². The average Bonchev–Trinajstić information content (AvgIpc) is 2.89. The number of aromatic nitrogens is 1. The van der Waals surface area contributed by atoms with Crippen molar-refractivity contribution in [1.29, 1.82) is 10.5 Å². The van der Waals surface area contributed by atoms with E-state index in [1.54, 1.807) is 36.4 Å². The molecular formula is C13H9N5O. The smallest absolute Gasteiger partial charge is 0.153 e. The fraction of sp³-hybridized carbons (Fsp3) is 0. The molecule has 0 aliphatic rings. The van der Waals surface area contributed by atoms with Gasteiger partial charge in [-0.15, -0.1) is 0 Å². The van der Waals surface area contributed by atoms with Gasteiger partial charge >= 0.3 is 0 Å². The number of nitrogen functional groups attached to an aromatic ring is 1. The number of nitrogens with two attached hydrogens (primary N) is 2. The van der Waals surface area contributed by atoms with Crippen LogP contribution >= 0.6 is 0 Å². The van der Waals surface area contributed by atoms with E-state index >= 15 is 0 Å². The SMILES string of the molecule is N#CC(C#N)=C(N)c1conc1-c1cccc(N)c1. The summed E-state index contributed by atoms with van der Waals surface area (Å²) < 4.78 is 4.88. The van der Waals surface area contributed by atoms with Crippen LogP contribution < -0.4 is 11.5 Å². The van der Waals surface area contributed by atoms with E-state index in [0.29, 0.717) is 22.5 Å². The van der Waals surface area contributed by atoms with Gasteiger partial charge in [-0.05, 0) is 12.1 Å². The Kier molecular flexibility index (Phi) is 3.18. The van der Waals surface area contributed by atoms with Gasteiger partial charge in [0.2, 0.25) is 0 Å². The van der Waals surface area contributed by atoms with Gasteiger partial charge in [0.05, 0.1) is 11.3 Å². The van der Waals surface area contributed by atoms with E-state index in [1.807, 2.05) is 0 Å². The predicted molar refractivity (Wildman–Crippen MR) is 68.7 cm³/mol. The van der Waals surface area contributed by atoms with Gasteiger partial charge in [-0.1, -0.05) is 17.3 Å². The van der Waals surface area contributed by atoms with Gasteiger partial charge in [0.15, 0.2) is 5.57 Å². The molecule has 0 aliphatic heterocycles. The lowest BCUT2D eigenvalue weighted by Crippen LogP contribution is -2.00. The van der Waals surface area contributed by atoms with Crippen LogP contribution in [0.1, 0.15) is 5.56 Å². The quantitative estimate of drug-likeness (QED) is 0.617. The molecule has 2 aromatic rings. The number of anilines is 1. The second-order valence-electron chi connectivity index (χ2n) is 3.71. The van der Waals surface area contributed by atoms with Crippen molar-refractivity contribution in [2.45, 2.75) is 0 Å². The Morgan fingerprint density at radius 3 is 2.63 bits per heavy atom. The molecule has 1 aromatic heterocycles. The molecule has 0 saturated carbocycles. The second-order valence-corrected chi connectivity index (χ2v) is 3.71. The minimum Gasteiger partial charge on any atom is -0.399 e. The summed E-state index contributed by atoms with van der Waals surface area (Å²) in [7, 11) is 0. The van der Waals surface area contributed by atoms with Crippen LogP contribution in [-0.4, -0.2) is 5.16 Å². The standard InChI is InChI=1S/C13H9N5O/c14-5-9(6-15)12(17)11-7-19-18-13(11)8-2-1-3-10(16)4-8/h1-4,7H,16-17H2. The molecule has 0 fully saturated rings. The van der Waals surface area contributed by atoms with Gasteiger partial charge in [0.1, 0.15) is 24.1 Å². The van der Waals surface area contributed by atoms with E-state index in [1.165, 1.54) is 6.26 Å². The zero-order chi connectivity index (χ0) is 13.8. The molecule has 0 amide bonds. The van der Waals surface area contributed by atoms with Crippen LogP contribution in [-0.2, 0) is 0 Å². The zero-order valence-electron chi connectivity index (χ0n) is 9.79. The number of hydrogen-bond acceptors (Lipinski definition) is 6. The van der Waals surface area contributed by atoms with Gasteiger partial charge in [-0.3, -0.25) is 0 Å². The molecule has 92 valence electrons. The van der Waals surface area contributed by atoms with Crippen molar-refractivity contribution in [2.24, 2.45) is 5.73 Å². The van der Waals surface area contributed by atoms with E-state index in [2.05, 4.69) is 5.16 Å². The van der Waals surface area contributed by atoms with Crippen LogP contribution in [0.5, 0.6) is 0 Å². The molecule has 0 saturated heterocycles. The first-order chi connectivity index (χ1) is 9.17. The van der Waals surface area contributed by atoms with Gasteiger partial charge in [-0.2, -0.15) is 10.5 Å². The van der Waals surface area contributed by atoms with Crippen LogP contribution in [0, 0.1) is 22.7 Å². The van der Waals surface area contributed by atoms with Gasteiger partial charge in [0, 0.05) is 11.3 Å². The lowest BCUT2D eigenvalue weighted by atomic mass is 10.0. The third-order valence-corrected chi connectivity index (χ3v) is 2.51. The topological polar surface area (TPSA) is 126 Å². The third-order valence-electron chi connectivity index (χ3n) is 2.51. The van der Waals surface area contributed by atoms with E-state index in [-0.39, 0.29) is 11.3 Å². The molecule has 0 radical (unpaired) electrons. The van der Waals surface area contributed by atoms with E-state index in [0.717, 1.165) is 0 Å². The monoisotopic (exact) mass is 251 g/mol. The van der Waals surface area contributed by atoms with Crippen molar-refractivity contribution in [3.63, 3.8) is 0 Å². The molecule has 0 atom stereocenters. The Hall–Kier alpha value is -3.25. The second kappa shape index (κ2) is 4.94. The van der Waals surface area contributed by atoms with Crippen molar-refractivity contribution in [1.82, 2.24) is 5.16 Å². The number of nitrogens with zero attached hydrogens (tertiary/aromatic N) is 3. The van der Waals surface area contributed by atoms with Crippen LogP contribution in [0.2, 0.25) is 0 Å². The Bertz CT molecular complexity index is 714. The Balaban J connectivity index is 2.60. The highest BCUT2D eigenvalue weighted by Crippen LogP contribution is 2.27. The summed E-state index contributed by atoms with van der Waals surface area (Å²) in [5.41, 5.74) is 13.4. The summed E-state index contributed by atoms with van der Waals surface area (Å²) in [6.07, 6.45) is 1.29. The van der Waals surface area contributed by atoms with Crippen molar-refractivity contribution in [3.8, 4) is 23.4 Å². The number of allylic oxidation sites excluding steroid dienone is 1. The Morgan fingerprint density at radius 2 is 2.00 bits per heavy atom. The number of nitriles is 2. The van der Waals surface area contributed by atoms with Gasteiger partial charge in [-0.25, -0.2) is 0 Å². The molecule has 4 N–H and O–H groups in total. The van der Waals surface area contributed by atoms with Crippen molar-refractivity contribution in [2.75, 3.05) is 5.73 Å². The molecule has 0 aliphatic carbocycles. The maximum atomic E-state index is 8.82. The molecule has 1 aromatic carbocycles. The molecular weight excluding hydrogens is 242 g/mol. The molecule has 2 rings (SSSR count). The highest BCUT2D eigenvalue weighted by molar-refractivity contribution is 5.82. The Morgan fingerprint density at radius 1 is 1.26 bits per heavy atom. The summed E-state index contributed by atoms with van der Waals surface area (Å²) >= 11 is 0. The minimum atomic E-state index is -0.187. The molecule has 6 heteroatoms. The summed E-state index contributed by atoms with van der Waals surface area (Å²) in [5, 5.41) is 21.5. The third kappa shape index (κ3) is 2.24. The fourth-order valence-electron chi connectivity index (χ4n) is 1.60. The highest BCUT2D eigenvalue weighted by atomic mass is 16.5. The van der Waals surface area contributed by atoms with Crippen LogP contribution in [0.4, 0.5) is 5.69 Å². The van der Waals surface area contributed by atoms with E-state index in [9.17, 15) is 0 Å². The summed E-state index contributed by atoms with van der Waals surface area (Å²) in [4.78, 5) is 0. The van der Waals surface area contributed by atoms with Crippen molar-refractivity contribution in [3.05, 3.63) is 41.7 Å². The fourth-order valence-corrected chi connectivity index (χ4v) is 1.60. The first-order valence-electron chi connectivity index (χ1n) is 5.28. The normalized spacial score (nSPS) is 9.37. The minimum absolute atomic E-state index is 0.0312. The summed E-state index contributed by atoms with van der Waals surface area (Å²) in [6, 6.07) is 10.4. The Labute approximate surface area is 109 Å². The van der Waals surface area contributed by atoms with Crippen LogP contribution in [0.25, 0.3) is 17.0 Å². The molecule has 0 unspecified atom stereocenters. The largest absolute Gasteiger partial charge is 0.399 e. The average molecular weight is 251 g/mol. The van der Waals surface area contributed by atoms with Crippen LogP contribution in [0.3, 0.4) is 0 Å². The molecule has 19 heavy (non-hydrogen) atoms. The predicted octanol–water partition coefficient (Wildman–Crippen LogP) is 1.64.